The minimum atomic E-state index is 0.282. The van der Waals surface area contributed by atoms with Crippen LogP contribution in [0.25, 0.3) is 10.8 Å². The highest BCUT2D eigenvalue weighted by molar-refractivity contribution is 5.96. The molecule has 1 aliphatic rings. The zero-order valence-corrected chi connectivity index (χ0v) is 20.9. The van der Waals surface area contributed by atoms with E-state index in [1.165, 1.54) is 36.0 Å². The first-order valence-corrected chi connectivity index (χ1v) is 13.0. The Bertz CT molecular complexity index is 887. The van der Waals surface area contributed by atoms with E-state index in [9.17, 15) is 0 Å². The summed E-state index contributed by atoms with van der Waals surface area (Å²) in [6, 6.07) is 8.40. The quantitative estimate of drug-likeness (QED) is 0.148. The second kappa shape index (κ2) is 14.3. The SMILES string of the molecule is CCCCCC1=CCc2c(c(OCOCCCC)c3ccccc3c2OCOCCCC)C1. The molecule has 1 aliphatic carbocycles. The van der Waals surface area contributed by atoms with Gasteiger partial charge >= 0.3 is 0 Å². The molecule has 0 saturated carbocycles. The number of allylic oxidation sites excluding steroid dienone is 2. The van der Waals surface area contributed by atoms with Crippen molar-refractivity contribution >= 4 is 10.8 Å². The lowest BCUT2D eigenvalue weighted by atomic mass is 9.85. The first-order chi connectivity index (χ1) is 16.3. The van der Waals surface area contributed by atoms with Crippen molar-refractivity contribution in [2.75, 3.05) is 26.8 Å². The van der Waals surface area contributed by atoms with Crippen molar-refractivity contribution in [2.24, 2.45) is 0 Å². The van der Waals surface area contributed by atoms with Gasteiger partial charge in [-0.1, -0.05) is 82.4 Å². The molecule has 0 radical (unpaired) electrons. The average molecular weight is 455 g/mol. The molecule has 0 fully saturated rings. The van der Waals surface area contributed by atoms with Gasteiger partial charge in [-0.25, -0.2) is 0 Å². The summed E-state index contributed by atoms with van der Waals surface area (Å²) < 4.78 is 24.1. The molecule has 3 rings (SSSR count). The van der Waals surface area contributed by atoms with E-state index in [-0.39, 0.29) is 13.6 Å². The summed E-state index contributed by atoms with van der Waals surface area (Å²) in [4.78, 5) is 0. The molecule has 4 nitrogen and oxygen atoms in total. The summed E-state index contributed by atoms with van der Waals surface area (Å²) in [5.41, 5.74) is 3.99. The molecule has 0 spiro atoms. The van der Waals surface area contributed by atoms with Crippen molar-refractivity contribution in [3.05, 3.63) is 47.0 Å². The van der Waals surface area contributed by atoms with Crippen LogP contribution in [0.5, 0.6) is 11.5 Å². The van der Waals surface area contributed by atoms with E-state index in [0.29, 0.717) is 0 Å². The standard InChI is InChI=1S/C29H42O4/c1-4-7-10-13-23-16-17-26-27(20-23)29(33-22-31-19-9-6-3)25-15-12-11-14-24(25)28(26)32-21-30-18-8-5-2/h11-12,14-16H,4-10,13,17-22H2,1-3H3. The highest BCUT2D eigenvalue weighted by Crippen LogP contribution is 2.44. The number of hydrogen-bond donors (Lipinski definition) is 0. The molecule has 0 saturated heterocycles. The third kappa shape index (κ3) is 7.22. The van der Waals surface area contributed by atoms with Gasteiger partial charge in [-0.3, -0.25) is 0 Å². The summed E-state index contributed by atoms with van der Waals surface area (Å²) >= 11 is 0. The van der Waals surface area contributed by atoms with Crippen LogP contribution in [0.1, 0.15) is 83.3 Å². The molecular formula is C29H42O4. The molecule has 4 heteroatoms. The Kier molecular flexibility index (Phi) is 11.1. The lowest BCUT2D eigenvalue weighted by molar-refractivity contribution is 0.0123. The number of unbranched alkanes of at least 4 members (excludes halogenated alkanes) is 4. The van der Waals surface area contributed by atoms with Crippen LogP contribution >= 0.6 is 0 Å². The topological polar surface area (TPSA) is 36.9 Å². The molecule has 2 aromatic rings. The molecule has 182 valence electrons. The Labute approximate surface area is 200 Å². The van der Waals surface area contributed by atoms with Crippen LogP contribution < -0.4 is 9.47 Å². The number of rotatable bonds is 16. The van der Waals surface area contributed by atoms with Gasteiger partial charge in [0.25, 0.3) is 0 Å². The highest BCUT2D eigenvalue weighted by Gasteiger charge is 2.24. The van der Waals surface area contributed by atoms with E-state index in [2.05, 4.69) is 51.1 Å². The van der Waals surface area contributed by atoms with Gasteiger partial charge in [0, 0.05) is 21.9 Å². The summed E-state index contributed by atoms with van der Waals surface area (Å²) in [6.07, 6.45) is 13.5. The van der Waals surface area contributed by atoms with Crippen LogP contribution in [0.15, 0.2) is 35.9 Å². The Balaban J connectivity index is 1.89. The van der Waals surface area contributed by atoms with Crippen molar-refractivity contribution < 1.29 is 18.9 Å². The van der Waals surface area contributed by atoms with Crippen LogP contribution in [-0.2, 0) is 22.3 Å². The fourth-order valence-electron chi connectivity index (χ4n) is 4.36. The minimum absolute atomic E-state index is 0.282. The van der Waals surface area contributed by atoms with Crippen molar-refractivity contribution in [3.8, 4) is 11.5 Å². The van der Waals surface area contributed by atoms with E-state index in [4.69, 9.17) is 18.9 Å². The van der Waals surface area contributed by atoms with E-state index < -0.39 is 0 Å². The number of benzene rings is 2. The van der Waals surface area contributed by atoms with Crippen molar-refractivity contribution in [3.63, 3.8) is 0 Å². The van der Waals surface area contributed by atoms with Crippen molar-refractivity contribution in [1.29, 1.82) is 0 Å². The van der Waals surface area contributed by atoms with Gasteiger partial charge < -0.3 is 18.9 Å². The summed E-state index contributed by atoms with van der Waals surface area (Å²) in [7, 11) is 0. The summed E-state index contributed by atoms with van der Waals surface area (Å²) in [5.74, 6) is 1.90. The monoisotopic (exact) mass is 454 g/mol. The van der Waals surface area contributed by atoms with Crippen LogP contribution in [0, 0.1) is 0 Å². The molecule has 0 N–H and O–H groups in total. The zero-order chi connectivity index (χ0) is 23.3. The maximum atomic E-state index is 6.31. The maximum absolute atomic E-state index is 6.31. The van der Waals surface area contributed by atoms with Crippen LogP contribution in [0.3, 0.4) is 0 Å². The van der Waals surface area contributed by atoms with Gasteiger partial charge in [0.05, 0.1) is 13.2 Å². The van der Waals surface area contributed by atoms with Crippen LogP contribution in [-0.4, -0.2) is 26.8 Å². The Morgan fingerprint density at radius 3 is 1.85 bits per heavy atom. The first-order valence-electron chi connectivity index (χ1n) is 13.0. The van der Waals surface area contributed by atoms with Gasteiger partial charge in [0.2, 0.25) is 0 Å². The Morgan fingerprint density at radius 2 is 1.27 bits per heavy atom. The van der Waals surface area contributed by atoms with Crippen LogP contribution in [0.4, 0.5) is 0 Å². The molecule has 0 aliphatic heterocycles. The van der Waals surface area contributed by atoms with E-state index in [0.717, 1.165) is 80.4 Å². The van der Waals surface area contributed by atoms with Gasteiger partial charge in [-0.05, 0) is 38.5 Å². The molecule has 0 heterocycles. The van der Waals surface area contributed by atoms with Crippen molar-refractivity contribution in [2.45, 2.75) is 85.0 Å². The zero-order valence-electron chi connectivity index (χ0n) is 20.9. The molecule has 33 heavy (non-hydrogen) atoms. The Morgan fingerprint density at radius 1 is 0.697 bits per heavy atom. The lowest BCUT2D eigenvalue weighted by Gasteiger charge is -2.26. The fourth-order valence-corrected chi connectivity index (χ4v) is 4.36. The maximum Gasteiger partial charge on any atom is 0.189 e. The average Bonchev–Trinajstić information content (AvgIpc) is 2.84. The summed E-state index contributed by atoms with van der Waals surface area (Å²) in [6.45, 7) is 8.63. The molecule has 0 unspecified atom stereocenters. The van der Waals surface area contributed by atoms with Gasteiger partial charge in [-0.2, -0.15) is 0 Å². The second-order valence-corrected chi connectivity index (χ2v) is 8.91. The molecule has 2 aromatic carbocycles. The number of hydrogen-bond acceptors (Lipinski definition) is 4. The Hall–Kier alpha value is -2.04. The number of ether oxygens (including phenoxy) is 4. The predicted molar refractivity (Wildman–Crippen MR) is 136 cm³/mol. The molecule has 0 aromatic heterocycles. The molecule has 0 atom stereocenters. The fraction of sp³-hybridized carbons (Fsp3) is 0.586. The van der Waals surface area contributed by atoms with E-state index in [1.54, 1.807) is 0 Å². The second-order valence-electron chi connectivity index (χ2n) is 8.91. The van der Waals surface area contributed by atoms with Gasteiger partial charge in [-0.15, -0.1) is 0 Å². The van der Waals surface area contributed by atoms with Crippen molar-refractivity contribution in [1.82, 2.24) is 0 Å². The minimum Gasteiger partial charge on any atom is -0.467 e. The largest absolute Gasteiger partial charge is 0.467 e. The van der Waals surface area contributed by atoms with Gasteiger partial charge in [0.1, 0.15) is 11.5 Å². The summed E-state index contributed by atoms with van der Waals surface area (Å²) in [5, 5.41) is 2.18. The third-order valence-corrected chi connectivity index (χ3v) is 6.29. The highest BCUT2D eigenvalue weighted by atomic mass is 16.7. The van der Waals surface area contributed by atoms with Gasteiger partial charge in [0.15, 0.2) is 13.6 Å². The molecule has 0 bridgehead atoms. The van der Waals surface area contributed by atoms with E-state index in [1.807, 2.05) is 0 Å². The smallest absolute Gasteiger partial charge is 0.189 e. The molecular weight excluding hydrogens is 412 g/mol. The predicted octanol–water partition coefficient (Wildman–Crippen LogP) is 7.75. The third-order valence-electron chi connectivity index (χ3n) is 6.29. The first kappa shape index (κ1) is 25.6. The lowest BCUT2D eigenvalue weighted by Crippen LogP contribution is -2.13. The number of fused-ring (bicyclic) bond motifs is 2. The molecule has 0 amide bonds. The van der Waals surface area contributed by atoms with E-state index >= 15 is 0 Å². The van der Waals surface area contributed by atoms with Crippen LogP contribution in [0.2, 0.25) is 0 Å². The normalized spacial score (nSPS) is 13.1.